The Morgan fingerprint density at radius 1 is 1.29 bits per heavy atom. The highest BCUT2D eigenvalue weighted by molar-refractivity contribution is 5.98. The molecular weight excluding hydrogens is 394 g/mol. The molecule has 0 saturated carbocycles. The minimum atomic E-state index is -0.823. The number of esters is 1. The van der Waals surface area contributed by atoms with Gasteiger partial charge in [-0.15, -0.1) is 5.10 Å². The first-order valence-corrected chi connectivity index (χ1v) is 10.1. The van der Waals surface area contributed by atoms with Gasteiger partial charge in [0, 0.05) is 17.9 Å². The Bertz CT molecular complexity index is 1240. The molecule has 0 saturated heterocycles. The highest BCUT2D eigenvalue weighted by Crippen LogP contribution is 2.20. The van der Waals surface area contributed by atoms with Crippen molar-refractivity contribution in [2.24, 2.45) is 5.92 Å². The number of carbonyl (C=O) groups excluding carboxylic acids is 1. The molecule has 0 unspecified atom stereocenters. The summed E-state index contributed by atoms with van der Waals surface area (Å²) in [7, 11) is 0. The van der Waals surface area contributed by atoms with Crippen molar-refractivity contribution >= 4 is 22.9 Å². The smallest absolute Gasteiger partial charge is 0.350 e. The molecule has 2 heterocycles. The summed E-state index contributed by atoms with van der Waals surface area (Å²) < 4.78 is 8.29. The fraction of sp³-hybridized carbons (Fsp3) is 0.348. The van der Waals surface area contributed by atoms with E-state index in [2.05, 4.69) is 28.7 Å². The van der Waals surface area contributed by atoms with Crippen LogP contribution in [-0.2, 0) is 22.8 Å². The van der Waals surface area contributed by atoms with Crippen LogP contribution >= 0.6 is 0 Å². The van der Waals surface area contributed by atoms with Crippen molar-refractivity contribution in [1.29, 1.82) is 5.26 Å². The fourth-order valence-electron chi connectivity index (χ4n) is 3.30. The van der Waals surface area contributed by atoms with Crippen LogP contribution in [0.25, 0.3) is 17.0 Å². The van der Waals surface area contributed by atoms with Crippen LogP contribution in [0.2, 0.25) is 0 Å². The molecule has 0 aliphatic rings. The third kappa shape index (κ3) is 4.89. The molecule has 31 heavy (non-hydrogen) atoms. The molecule has 0 radical (unpaired) electrons. The minimum Gasteiger partial charge on any atom is -0.438 e. The lowest BCUT2D eigenvalue weighted by atomic mass is 10.1. The van der Waals surface area contributed by atoms with E-state index in [1.54, 1.807) is 24.3 Å². The van der Waals surface area contributed by atoms with Gasteiger partial charge in [-0.2, -0.15) is 9.94 Å². The number of ether oxygens (including phenoxy) is 1. The number of nitrogens with zero attached hydrogens (tertiary/aromatic N) is 5. The summed E-state index contributed by atoms with van der Waals surface area (Å²) in [5.41, 5.74) is 2.72. The van der Waals surface area contributed by atoms with Crippen LogP contribution in [0.15, 0.2) is 40.7 Å². The van der Waals surface area contributed by atoms with Crippen molar-refractivity contribution < 1.29 is 9.53 Å². The van der Waals surface area contributed by atoms with Gasteiger partial charge in [-0.05, 0) is 56.0 Å². The van der Waals surface area contributed by atoms with E-state index < -0.39 is 18.3 Å². The van der Waals surface area contributed by atoms with Gasteiger partial charge in [-0.25, -0.2) is 4.79 Å². The Hall–Kier alpha value is -3.73. The number of benzene rings is 1. The van der Waals surface area contributed by atoms with Gasteiger partial charge in [0.05, 0.1) is 5.39 Å². The van der Waals surface area contributed by atoms with E-state index in [0.29, 0.717) is 16.8 Å². The van der Waals surface area contributed by atoms with Crippen molar-refractivity contribution in [1.82, 2.24) is 19.6 Å². The maximum absolute atomic E-state index is 12.5. The summed E-state index contributed by atoms with van der Waals surface area (Å²) >= 11 is 0. The summed E-state index contributed by atoms with van der Waals surface area (Å²) in [6, 6.07) is 10.6. The van der Waals surface area contributed by atoms with E-state index >= 15 is 0 Å². The Balaban J connectivity index is 1.77. The van der Waals surface area contributed by atoms with Crippen molar-refractivity contribution in [3.63, 3.8) is 0 Å². The lowest BCUT2D eigenvalue weighted by Gasteiger charge is -2.11. The van der Waals surface area contributed by atoms with E-state index in [-0.39, 0.29) is 5.57 Å². The van der Waals surface area contributed by atoms with Crippen molar-refractivity contribution in [2.45, 2.75) is 47.4 Å². The van der Waals surface area contributed by atoms with E-state index in [1.165, 1.54) is 6.08 Å². The first-order chi connectivity index (χ1) is 14.8. The average molecular weight is 419 g/mol. The molecule has 0 aliphatic carbocycles. The summed E-state index contributed by atoms with van der Waals surface area (Å²) in [5, 5.41) is 17.6. The van der Waals surface area contributed by atoms with Gasteiger partial charge < -0.3 is 9.30 Å². The van der Waals surface area contributed by atoms with E-state index in [1.807, 2.05) is 26.0 Å². The second-order valence-electron chi connectivity index (χ2n) is 7.80. The molecule has 3 rings (SSSR count). The number of nitriles is 1. The molecule has 0 N–H and O–H groups in total. The van der Waals surface area contributed by atoms with Crippen molar-refractivity contribution in [2.75, 3.05) is 0 Å². The lowest BCUT2D eigenvalue weighted by molar-refractivity contribution is -0.142. The number of hydrogen-bond acceptors (Lipinski definition) is 6. The number of carbonyl (C=O) groups is 1. The third-order valence-corrected chi connectivity index (χ3v) is 5.13. The molecule has 2 aromatic heterocycles. The summed E-state index contributed by atoms with van der Waals surface area (Å²) in [6.45, 7) is 8.75. The van der Waals surface area contributed by atoms with Gasteiger partial charge in [-0.3, -0.25) is 4.79 Å². The third-order valence-electron chi connectivity index (χ3n) is 5.13. The van der Waals surface area contributed by atoms with Crippen LogP contribution in [0.3, 0.4) is 0 Å². The summed E-state index contributed by atoms with van der Waals surface area (Å²) in [4.78, 5) is 24.9. The molecule has 0 fully saturated rings. The largest absolute Gasteiger partial charge is 0.438 e. The zero-order valence-electron chi connectivity index (χ0n) is 18.1. The molecule has 0 spiro atoms. The fourth-order valence-corrected chi connectivity index (χ4v) is 3.30. The first-order valence-electron chi connectivity index (χ1n) is 10.1. The minimum absolute atomic E-state index is 0.147. The van der Waals surface area contributed by atoms with Crippen LogP contribution in [0.1, 0.15) is 37.2 Å². The van der Waals surface area contributed by atoms with Crippen LogP contribution in [0.5, 0.6) is 0 Å². The monoisotopic (exact) mass is 419 g/mol. The van der Waals surface area contributed by atoms with Crippen molar-refractivity contribution in [3.05, 3.63) is 63.2 Å². The highest BCUT2D eigenvalue weighted by Gasteiger charge is 2.15. The van der Waals surface area contributed by atoms with E-state index in [4.69, 9.17) is 4.74 Å². The van der Waals surface area contributed by atoms with Crippen LogP contribution in [0, 0.1) is 31.1 Å². The van der Waals surface area contributed by atoms with Crippen LogP contribution in [-0.4, -0.2) is 25.5 Å². The molecule has 1 aromatic carbocycles. The summed E-state index contributed by atoms with van der Waals surface area (Å²) in [5.74, 6) is -0.247. The molecule has 0 bridgehead atoms. The lowest BCUT2D eigenvalue weighted by Crippen LogP contribution is -2.26. The zero-order chi connectivity index (χ0) is 22.5. The number of aryl methyl sites for hydroxylation is 1. The molecular formula is C23H25N5O3. The standard InChI is InChI=1S/C23H25N5O3/c1-15(2)9-10-27-16(3)11-18(17(27)4)12-19(13-24)23(30)31-14-28-22(29)20-7-5-6-8-21(20)25-26-28/h5-8,11-12,15H,9-10,14H2,1-4H3/b19-12+. The Labute approximate surface area is 180 Å². The highest BCUT2D eigenvalue weighted by atomic mass is 16.5. The number of rotatable bonds is 7. The van der Waals surface area contributed by atoms with Gasteiger partial charge in [0.15, 0.2) is 6.73 Å². The van der Waals surface area contributed by atoms with Gasteiger partial charge in [0.25, 0.3) is 5.56 Å². The molecule has 8 heteroatoms. The van der Waals surface area contributed by atoms with Crippen LogP contribution < -0.4 is 5.56 Å². The molecule has 160 valence electrons. The maximum Gasteiger partial charge on any atom is 0.350 e. The maximum atomic E-state index is 12.5. The number of fused-ring (bicyclic) bond motifs is 1. The second kappa shape index (κ2) is 9.39. The Kier molecular flexibility index (Phi) is 6.65. The molecule has 0 atom stereocenters. The Morgan fingerprint density at radius 3 is 2.74 bits per heavy atom. The van der Waals surface area contributed by atoms with Gasteiger partial charge >= 0.3 is 5.97 Å². The number of hydrogen-bond donors (Lipinski definition) is 0. The summed E-state index contributed by atoms with van der Waals surface area (Å²) in [6.07, 6.45) is 2.56. The van der Waals surface area contributed by atoms with Crippen LogP contribution in [0.4, 0.5) is 0 Å². The SMILES string of the molecule is Cc1cc(/C=C(\C#N)C(=O)OCn2nnc3ccccc3c2=O)c(C)n1CCC(C)C. The molecule has 0 amide bonds. The van der Waals surface area contributed by atoms with Gasteiger partial charge in [0.2, 0.25) is 0 Å². The predicted octanol–water partition coefficient (Wildman–Crippen LogP) is 3.36. The van der Waals surface area contributed by atoms with Gasteiger partial charge in [-0.1, -0.05) is 31.2 Å². The molecule has 0 aliphatic heterocycles. The first kappa shape index (κ1) is 22.0. The normalized spacial score (nSPS) is 11.7. The van der Waals surface area contributed by atoms with Gasteiger partial charge in [0.1, 0.15) is 17.2 Å². The predicted molar refractivity (Wildman–Crippen MR) is 117 cm³/mol. The second-order valence-corrected chi connectivity index (χ2v) is 7.80. The molecule has 8 nitrogen and oxygen atoms in total. The van der Waals surface area contributed by atoms with E-state index in [0.717, 1.165) is 34.6 Å². The Morgan fingerprint density at radius 2 is 2.03 bits per heavy atom. The van der Waals surface area contributed by atoms with E-state index in [9.17, 15) is 14.9 Å². The quantitative estimate of drug-likeness (QED) is 0.330. The molecule has 3 aromatic rings. The number of aromatic nitrogens is 4. The topological polar surface area (TPSA) is 103 Å². The average Bonchev–Trinajstić information content (AvgIpc) is 3.02. The van der Waals surface area contributed by atoms with Crippen molar-refractivity contribution in [3.8, 4) is 6.07 Å². The zero-order valence-corrected chi connectivity index (χ0v) is 18.1.